The maximum atomic E-state index is 13.7. The van der Waals surface area contributed by atoms with Gasteiger partial charge in [0.05, 0.1) is 13.5 Å². The fourth-order valence-electron chi connectivity index (χ4n) is 3.82. The molecule has 3 rings (SSSR count). The van der Waals surface area contributed by atoms with Crippen LogP contribution >= 0.6 is 11.6 Å². The van der Waals surface area contributed by atoms with Gasteiger partial charge >= 0.3 is 0 Å². The van der Waals surface area contributed by atoms with Gasteiger partial charge in [-0.15, -0.1) is 0 Å². The summed E-state index contributed by atoms with van der Waals surface area (Å²) in [7, 11) is 1.61. The Bertz CT molecular complexity index is 1100. The molecule has 0 spiro atoms. The van der Waals surface area contributed by atoms with Crippen molar-refractivity contribution >= 4 is 23.4 Å². The molecule has 184 valence electrons. The van der Waals surface area contributed by atoms with E-state index in [0.717, 1.165) is 28.9 Å². The predicted octanol–water partition coefficient (Wildman–Crippen LogP) is 5.45. The molecule has 0 saturated heterocycles. The van der Waals surface area contributed by atoms with Crippen LogP contribution in [-0.2, 0) is 29.0 Å². The predicted molar refractivity (Wildman–Crippen MR) is 141 cm³/mol. The normalized spacial score (nSPS) is 12.5. The summed E-state index contributed by atoms with van der Waals surface area (Å²) >= 11 is 6.47. The summed E-state index contributed by atoms with van der Waals surface area (Å²) in [4.78, 5) is 28.9. The molecule has 2 atom stereocenters. The zero-order chi connectivity index (χ0) is 25.2. The van der Waals surface area contributed by atoms with E-state index >= 15 is 0 Å². The van der Waals surface area contributed by atoms with Crippen LogP contribution in [-0.4, -0.2) is 35.9 Å². The smallest absolute Gasteiger partial charge is 0.243 e. The Morgan fingerprint density at radius 1 is 0.943 bits per heavy atom. The summed E-state index contributed by atoms with van der Waals surface area (Å²) in [6.07, 6.45) is 1.37. The van der Waals surface area contributed by atoms with Crippen LogP contribution in [0.5, 0.6) is 5.75 Å². The molecule has 6 heteroatoms. The molecule has 0 aromatic heterocycles. The number of benzene rings is 3. The van der Waals surface area contributed by atoms with Gasteiger partial charge in [-0.1, -0.05) is 79.2 Å². The molecule has 0 aliphatic carbocycles. The first-order valence-corrected chi connectivity index (χ1v) is 12.3. The molecule has 0 unspecified atom stereocenters. The van der Waals surface area contributed by atoms with Gasteiger partial charge in [-0.3, -0.25) is 9.59 Å². The largest absolute Gasteiger partial charge is 0.497 e. The van der Waals surface area contributed by atoms with Crippen LogP contribution in [0.15, 0.2) is 78.9 Å². The number of nitrogens with one attached hydrogen (secondary N) is 1. The number of hydrogen-bond acceptors (Lipinski definition) is 3. The van der Waals surface area contributed by atoms with Crippen molar-refractivity contribution in [3.63, 3.8) is 0 Å². The van der Waals surface area contributed by atoms with Crippen LogP contribution < -0.4 is 10.1 Å². The van der Waals surface area contributed by atoms with Crippen molar-refractivity contribution in [3.05, 3.63) is 101 Å². The van der Waals surface area contributed by atoms with E-state index in [1.165, 1.54) is 0 Å². The van der Waals surface area contributed by atoms with Gasteiger partial charge in [-0.05, 0) is 48.2 Å². The van der Waals surface area contributed by atoms with Gasteiger partial charge < -0.3 is 15.0 Å². The van der Waals surface area contributed by atoms with Crippen molar-refractivity contribution in [1.29, 1.82) is 0 Å². The number of hydrogen-bond donors (Lipinski definition) is 1. The lowest BCUT2D eigenvalue weighted by atomic mass is 10.0. The maximum Gasteiger partial charge on any atom is 0.243 e. The minimum Gasteiger partial charge on any atom is -0.497 e. The van der Waals surface area contributed by atoms with E-state index in [-0.39, 0.29) is 30.8 Å². The lowest BCUT2D eigenvalue weighted by Crippen LogP contribution is -2.52. The minimum atomic E-state index is -0.687. The number of halogens is 1. The van der Waals surface area contributed by atoms with E-state index in [0.29, 0.717) is 11.4 Å². The molecule has 0 bridgehead atoms. The fourth-order valence-corrected chi connectivity index (χ4v) is 4.02. The van der Waals surface area contributed by atoms with Gasteiger partial charge in [0.1, 0.15) is 11.8 Å². The number of nitrogens with zero attached hydrogens (tertiary/aromatic N) is 1. The van der Waals surface area contributed by atoms with E-state index in [9.17, 15) is 9.59 Å². The summed E-state index contributed by atoms with van der Waals surface area (Å²) < 4.78 is 5.23. The monoisotopic (exact) mass is 492 g/mol. The third kappa shape index (κ3) is 7.59. The highest BCUT2D eigenvalue weighted by Gasteiger charge is 2.31. The minimum absolute atomic E-state index is 0.000346. The second kappa shape index (κ2) is 13.0. The second-order valence-corrected chi connectivity index (χ2v) is 9.07. The zero-order valence-corrected chi connectivity index (χ0v) is 21.3. The molecule has 0 heterocycles. The van der Waals surface area contributed by atoms with Gasteiger partial charge in [0.25, 0.3) is 0 Å². The number of carbonyl (C=O) groups is 2. The highest BCUT2D eigenvalue weighted by Crippen LogP contribution is 2.22. The van der Waals surface area contributed by atoms with Gasteiger partial charge in [-0.25, -0.2) is 0 Å². The Kier molecular flexibility index (Phi) is 9.74. The van der Waals surface area contributed by atoms with Crippen LogP contribution in [0, 0.1) is 0 Å². The number of carbonyl (C=O) groups excluding carboxylic acids is 2. The molecular formula is C29H33ClN2O3. The van der Waals surface area contributed by atoms with Crippen molar-refractivity contribution in [2.75, 3.05) is 7.11 Å². The molecular weight excluding hydrogens is 460 g/mol. The molecule has 1 N–H and O–H groups in total. The van der Waals surface area contributed by atoms with E-state index in [4.69, 9.17) is 16.3 Å². The van der Waals surface area contributed by atoms with Gasteiger partial charge in [0.15, 0.2) is 0 Å². The molecule has 0 aliphatic heterocycles. The summed E-state index contributed by atoms with van der Waals surface area (Å²) in [5.74, 6) is 0.415. The average Bonchev–Trinajstić information content (AvgIpc) is 2.88. The molecule has 3 aromatic rings. The van der Waals surface area contributed by atoms with Gasteiger partial charge in [-0.2, -0.15) is 0 Å². The van der Waals surface area contributed by atoms with Crippen LogP contribution in [0.2, 0.25) is 5.02 Å². The topological polar surface area (TPSA) is 58.6 Å². The maximum absolute atomic E-state index is 13.7. The molecule has 2 amide bonds. The molecule has 35 heavy (non-hydrogen) atoms. The van der Waals surface area contributed by atoms with Crippen molar-refractivity contribution in [2.24, 2.45) is 0 Å². The van der Waals surface area contributed by atoms with Crippen molar-refractivity contribution in [3.8, 4) is 5.75 Å². The number of methoxy groups -OCH3 is 1. The Balaban J connectivity index is 1.97. The fraction of sp³-hybridized carbons (Fsp3) is 0.310. The van der Waals surface area contributed by atoms with Crippen LogP contribution in [0.1, 0.15) is 37.0 Å². The summed E-state index contributed by atoms with van der Waals surface area (Å²) in [6, 6.07) is 23.9. The SMILES string of the molecule is CC[C@@H](C)NC(=O)[C@H](Cc1ccccc1)N(Cc1ccccc1Cl)C(=O)Cc1ccc(OC)cc1. The summed E-state index contributed by atoms with van der Waals surface area (Å²) in [5, 5.41) is 3.65. The highest BCUT2D eigenvalue weighted by molar-refractivity contribution is 6.31. The lowest BCUT2D eigenvalue weighted by molar-refractivity contribution is -0.141. The first-order valence-electron chi connectivity index (χ1n) is 11.9. The Morgan fingerprint density at radius 3 is 2.23 bits per heavy atom. The number of ether oxygens (including phenoxy) is 1. The molecule has 0 fully saturated rings. The van der Waals surface area contributed by atoms with Crippen molar-refractivity contribution in [2.45, 2.75) is 51.7 Å². The van der Waals surface area contributed by atoms with Gasteiger partial charge in [0.2, 0.25) is 11.8 Å². The zero-order valence-electron chi connectivity index (χ0n) is 20.5. The summed E-state index contributed by atoms with van der Waals surface area (Å²) in [5.41, 5.74) is 2.63. The highest BCUT2D eigenvalue weighted by atomic mass is 35.5. The van der Waals surface area contributed by atoms with E-state index in [1.807, 2.05) is 86.6 Å². The average molecular weight is 493 g/mol. The number of rotatable bonds is 11. The van der Waals surface area contributed by atoms with Crippen LogP contribution in [0.4, 0.5) is 0 Å². The second-order valence-electron chi connectivity index (χ2n) is 8.66. The molecule has 0 radical (unpaired) electrons. The number of amides is 2. The molecule has 3 aromatic carbocycles. The first-order chi connectivity index (χ1) is 16.9. The van der Waals surface area contributed by atoms with E-state index < -0.39 is 6.04 Å². The quantitative estimate of drug-likeness (QED) is 0.387. The molecule has 0 saturated carbocycles. The van der Waals surface area contributed by atoms with E-state index in [2.05, 4.69) is 5.32 Å². The third-order valence-corrected chi connectivity index (χ3v) is 6.45. The summed E-state index contributed by atoms with van der Waals surface area (Å²) in [6.45, 7) is 4.22. The third-order valence-electron chi connectivity index (χ3n) is 6.09. The molecule has 5 nitrogen and oxygen atoms in total. The van der Waals surface area contributed by atoms with Gasteiger partial charge in [0, 0.05) is 24.0 Å². The standard InChI is InChI=1S/C29H33ClN2O3/c1-4-21(2)31-29(34)27(18-22-10-6-5-7-11-22)32(20-24-12-8-9-13-26(24)30)28(33)19-23-14-16-25(35-3)17-15-23/h5-17,21,27H,4,18-20H2,1-3H3,(H,31,34)/t21-,27+/m1/s1. The van der Waals surface area contributed by atoms with Crippen LogP contribution in [0.3, 0.4) is 0 Å². The van der Waals surface area contributed by atoms with E-state index in [1.54, 1.807) is 18.1 Å². The Morgan fingerprint density at radius 2 is 1.60 bits per heavy atom. The lowest BCUT2D eigenvalue weighted by Gasteiger charge is -2.32. The van der Waals surface area contributed by atoms with Crippen molar-refractivity contribution in [1.82, 2.24) is 10.2 Å². The Hall–Kier alpha value is -3.31. The Labute approximate surface area is 213 Å². The molecule has 0 aliphatic rings. The first kappa shape index (κ1) is 26.3. The van der Waals surface area contributed by atoms with Crippen LogP contribution in [0.25, 0.3) is 0 Å². The van der Waals surface area contributed by atoms with Crippen molar-refractivity contribution < 1.29 is 14.3 Å².